The molecule has 0 bridgehead atoms. The Balaban J connectivity index is 1.32. The van der Waals surface area contributed by atoms with Crippen molar-refractivity contribution in [2.24, 2.45) is 0 Å². The van der Waals surface area contributed by atoms with Gasteiger partial charge in [-0.25, -0.2) is 19.3 Å². The van der Waals surface area contributed by atoms with Crippen molar-refractivity contribution in [2.45, 2.75) is 18.8 Å². The summed E-state index contributed by atoms with van der Waals surface area (Å²) in [5, 5.41) is 16.9. The van der Waals surface area contributed by atoms with Crippen LogP contribution in [0.1, 0.15) is 24.3 Å². The second-order valence-electron chi connectivity index (χ2n) is 7.86. The lowest BCUT2D eigenvalue weighted by Crippen LogP contribution is -2.36. The van der Waals surface area contributed by atoms with Crippen LogP contribution in [0.4, 0.5) is 16.4 Å². The fraction of sp³-hybridized carbons (Fsp3) is 0.261. The highest BCUT2D eigenvalue weighted by molar-refractivity contribution is 5.75. The van der Waals surface area contributed by atoms with E-state index < -0.39 is 6.09 Å². The molecule has 4 heterocycles. The second kappa shape index (κ2) is 8.73. The number of amides is 1. The van der Waals surface area contributed by atoms with Crippen molar-refractivity contribution < 1.29 is 14.6 Å². The summed E-state index contributed by atoms with van der Waals surface area (Å²) in [4.78, 5) is 25.9. The van der Waals surface area contributed by atoms with E-state index in [1.165, 1.54) is 10.5 Å². The number of aromatic nitrogens is 5. The van der Waals surface area contributed by atoms with E-state index in [2.05, 4.69) is 37.5 Å². The van der Waals surface area contributed by atoms with Gasteiger partial charge in [-0.1, -0.05) is 12.1 Å². The lowest BCUT2D eigenvalue weighted by Gasteiger charge is -2.30. The number of anilines is 2. The molecule has 1 aliphatic rings. The average Bonchev–Trinajstić information content (AvgIpc) is 3.27. The van der Waals surface area contributed by atoms with Crippen LogP contribution in [0.15, 0.2) is 55.0 Å². The summed E-state index contributed by atoms with van der Waals surface area (Å²) in [5.74, 6) is 1.30. The van der Waals surface area contributed by atoms with E-state index in [1.807, 2.05) is 30.5 Å². The Morgan fingerprint density at radius 2 is 1.91 bits per heavy atom. The van der Waals surface area contributed by atoms with Gasteiger partial charge in [0, 0.05) is 30.5 Å². The number of methoxy groups -OCH3 is 1. The van der Waals surface area contributed by atoms with Crippen LogP contribution in [0.3, 0.4) is 0 Å². The molecule has 1 saturated heterocycles. The van der Waals surface area contributed by atoms with E-state index in [0.29, 0.717) is 42.2 Å². The molecule has 1 fully saturated rings. The Bertz CT molecular complexity index is 1260. The number of nitrogens with zero attached hydrogens (tertiary/aromatic N) is 6. The first-order chi connectivity index (χ1) is 16.1. The van der Waals surface area contributed by atoms with Crippen LogP contribution in [0.25, 0.3) is 16.9 Å². The normalized spacial score (nSPS) is 14.4. The monoisotopic (exact) mass is 445 g/mol. The third kappa shape index (κ3) is 4.27. The van der Waals surface area contributed by atoms with Gasteiger partial charge in [-0.05, 0) is 48.6 Å². The number of carbonyl (C=O) groups is 1. The minimum Gasteiger partial charge on any atom is -0.480 e. The number of nitrogens with one attached hydrogen (secondary N) is 1. The molecule has 1 amide bonds. The second-order valence-corrected chi connectivity index (χ2v) is 7.86. The molecule has 10 nitrogen and oxygen atoms in total. The van der Waals surface area contributed by atoms with Crippen LogP contribution >= 0.6 is 0 Å². The summed E-state index contributed by atoms with van der Waals surface area (Å²) in [6, 6.07) is 12.0. The number of pyridine rings is 1. The molecule has 0 aliphatic carbocycles. The Kier molecular flexibility index (Phi) is 5.47. The summed E-state index contributed by atoms with van der Waals surface area (Å²) in [7, 11) is 1.55. The molecule has 0 unspecified atom stereocenters. The van der Waals surface area contributed by atoms with Crippen molar-refractivity contribution in [1.29, 1.82) is 0 Å². The molecule has 4 aromatic rings. The minimum absolute atomic E-state index is 0.371. The number of piperidine rings is 1. The third-order valence-corrected chi connectivity index (χ3v) is 5.88. The number of rotatable bonds is 5. The lowest BCUT2D eigenvalue weighted by atomic mass is 9.89. The lowest BCUT2D eigenvalue weighted by molar-refractivity contribution is 0.132. The van der Waals surface area contributed by atoms with Crippen LogP contribution in [0.5, 0.6) is 5.88 Å². The van der Waals surface area contributed by atoms with Crippen LogP contribution in [0.2, 0.25) is 0 Å². The molecule has 0 atom stereocenters. The van der Waals surface area contributed by atoms with Crippen molar-refractivity contribution in [2.75, 3.05) is 25.5 Å². The number of ether oxygens (including phenoxy) is 1. The number of hydrogen-bond acceptors (Lipinski definition) is 7. The molecular weight excluding hydrogens is 422 g/mol. The van der Waals surface area contributed by atoms with Crippen LogP contribution in [-0.4, -0.2) is 60.9 Å². The zero-order chi connectivity index (χ0) is 22.8. The van der Waals surface area contributed by atoms with Gasteiger partial charge in [0.1, 0.15) is 0 Å². The number of hydrogen-bond donors (Lipinski definition) is 2. The van der Waals surface area contributed by atoms with Crippen LogP contribution < -0.4 is 10.1 Å². The molecule has 1 aromatic carbocycles. The first-order valence-corrected chi connectivity index (χ1v) is 10.7. The van der Waals surface area contributed by atoms with Crippen molar-refractivity contribution >= 4 is 23.4 Å². The van der Waals surface area contributed by atoms with Gasteiger partial charge in [0.15, 0.2) is 5.65 Å². The SMILES string of the molecule is COc1cnc(-c2cccn3nc(Nc4ccc(C5CCN(C(=O)O)CC5)cc4)nc23)cn1. The molecule has 5 rings (SSSR count). The first-order valence-electron chi connectivity index (χ1n) is 10.7. The van der Waals surface area contributed by atoms with Gasteiger partial charge in [-0.15, -0.1) is 5.10 Å². The molecular formula is C23H23N7O3. The quantitative estimate of drug-likeness (QED) is 0.476. The van der Waals surface area contributed by atoms with Gasteiger partial charge < -0.3 is 20.1 Å². The van der Waals surface area contributed by atoms with E-state index in [1.54, 1.807) is 24.0 Å². The van der Waals surface area contributed by atoms with E-state index in [0.717, 1.165) is 24.1 Å². The van der Waals surface area contributed by atoms with Gasteiger partial charge >= 0.3 is 6.09 Å². The minimum atomic E-state index is -0.838. The summed E-state index contributed by atoms with van der Waals surface area (Å²) in [5.41, 5.74) is 4.26. The standard InChI is InChI=1S/C23H23N7O3/c1-33-20-14-24-19(13-25-20)18-3-2-10-30-21(18)27-22(28-30)26-17-6-4-15(5-7-17)16-8-11-29(12-9-16)23(31)32/h2-7,10,13-14,16H,8-9,11-12H2,1H3,(H,26,28)(H,31,32). The number of benzene rings is 1. The van der Waals surface area contributed by atoms with E-state index in [9.17, 15) is 4.79 Å². The summed E-state index contributed by atoms with van der Waals surface area (Å²) >= 11 is 0. The maximum atomic E-state index is 11.1. The Labute approximate surface area is 189 Å². The highest BCUT2D eigenvalue weighted by atomic mass is 16.5. The zero-order valence-electron chi connectivity index (χ0n) is 18.0. The van der Waals surface area contributed by atoms with E-state index in [-0.39, 0.29) is 0 Å². The molecule has 168 valence electrons. The van der Waals surface area contributed by atoms with E-state index >= 15 is 0 Å². The maximum Gasteiger partial charge on any atom is 0.407 e. The number of fused-ring (bicyclic) bond motifs is 1. The van der Waals surface area contributed by atoms with Gasteiger partial charge in [0.25, 0.3) is 0 Å². The highest BCUT2D eigenvalue weighted by Gasteiger charge is 2.23. The fourth-order valence-electron chi connectivity index (χ4n) is 4.09. The predicted molar refractivity (Wildman–Crippen MR) is 122 cm³/mol. The van der Waals surface area contributed by atoms with Crippen molar-refractivity contribution in [3.05, 3.63) is 60.6 Å². The molecule has 0 radical (unpaired) electrons. The van der Waals surface area contributed by atoms with Crippen molar-refractivity contribution in [1.82, 2.24) is 29.5 Å². The number of carboxylic acid groups (broad SMARTS) is 1. The molecule has 0 spiro atoms. The third-order valence-electron chi connectivity index (χ3n) is 5.88. The molecule has 3 aromatic heterocycles. The Hall–Kier alpha value is -4.21. The van der Waals surface area contributed by atoms with Gasteiger partial charge in [0.05, 0.1) is 25.2 Å². The molecule has 2 N–H and O–H groups in total. The molecule has 10 heteroatoms. The molecule has 33 heavy (non-hydrogen) atoms. The predicted octanol–water partition coefficient (Wildman–Crippen LogP) is 3.80. The fourth-order valence-corrected chi connectivity index (χ4v) is 4.09. The summed E-state index contributed by atoms with van der Waals surface area (Å²) in [6.07, 6.45) is 5.89. The molecule has 0 saturated carbocycles. The maximum absolute atomic E-state index is 11.1. The molecule has 1 aliphatic heterocycles. The first kappa shape index (κ1) is 20.7. The van der Waals surface area contributed by atoms with Gasteiger partial charge in [-0.3, -0.25) is 0 Å². The largest absolute Gasteiger partial charge is 0.480 e. The van der Waals surface area contributed by atoms with Crippen molar-refractivity contribution in [3.8, 4) is 17.1 Å². The van der Waals surface area contributed by atoms with Gasteiger partial charge in [0.2, 0.25) is 11.8 Å². The van der Waals surface area contributed by atoms with Crippen LogP contribution in [-0.2, 0) is 0 Å². The summed E-state index contributed by atoms with van der Waals surface area (Å²) < 4.78 is 6.78. The smallest absolute Gasteiger partial charge is 0.407 e. The highest BCUT2D eigenvalue weighted by Crippen LogP contribution is 2.29. The van der Waals surface area contributed by atoms with Crippen molar-refractivity contribution in [3.63, 3.8) is 0 Å². The number of likely N-dealkylation sites (tertiary alicyclic amines) is 1. The summed E-state index contributed by atoms with van der Waals surface area (Å²) in [6.45, 7) is 1.15. The Morgan fingerprint density at radius 3 is 2.58 bits per heavy atom. The topological polar surface area (TPSA) is 118 Å². The zero-order valence-corrected chi connectivity index (χ0v) is 18.0. The van der Waals surface area contributed by atoms with Gasteiger partial charge in [-0.2, -0.15) is 4.98 Å². The van der Waals surface area contributed by atoms with E-state index in [4.69, 9.17) is 9.84 Å². The Morgan fingerprint density at radius 1 is 1.12 bits per heavy atom. The van der Waals surface area contributed by atoms with Crippen LogP contribution in [0, 0.1) is 0 Å². The average molecular weight is 445 g/mol.